The monoisotopic (exact) mass is 781 g/mol. The van der Waals surface area contributed by atoms with E-state index in [0.29, 0.717) is 0 Å². The normalized spacial score (nSPS) is 16.2. The molecule has 0 amide bonds. The number of benzene rings is 9. The van der Waals surface area contributed by atoms with E-state index in [4.69, 9.17) is 4.99 Å². The standard InChI is InChI=1S/C58H43N3/c1-5-19-40(20-6-1)42-23-15-26-45(37-42)55-59-56(46-27-16-24-43(38-46)41-21-7-2-8-22-41)61-57(60-55)47-28-17-25-44(39-47)50-34-18-35-52-51-33-13-14-36-53(51)58(54(50)52,48-29-9-3-10-30-48)49-31-11-4-12-32-49/h1-39,55-56,59H,(H,60,61). The van der Waals surface area contributed by atoms with Crippen molar-refractivity contribution in [2.24, 2.45) is 4.99 Å². The van der Waals surface area contributed by atoms with Gasteiger partial charge in [-0.05, 0) is 96.1 Å². The summed E-state index contributed by atoms with van der Waals surface area (Å²) in [5.74, 6) is 0.846. The Kier molecular flexibility index (Phi) is 9.30. The topological polar surface area (TPSA) is 36.4 Å². The molecule has 0 aromatic heterocycles. The highest BCUT2D eigenvalue weighted by molar-refractivity contribution is 6.01. The molecule has 0 saturated carbocycles. The molecule has 11 rings (SSSR count). The number of hydrogen-bond acceptors (Lipinski definition) is 3. The van der Waals surface area contributed by atoms with Crippen LogP contribution < -0.4 is 10.6 Å². The van der Waals surface area contributed by atoms with Crippen molar-refractivity contribution in [1.82, 2.24) is 10.6 Å². The van der Waals surface area contributed by atoms with Gasteiger partial charge in [0.2, 0.25) is 0 Å². The molecule has 1 aliphatic carbocycles. The van der Waals surface area contributed by atoms with Crippen molar-refractivity contribution in [3.63, 3.8) is 0 Å². The Balaban J connectivity index is 1.06. The molecule has 0 radical (unpaired) electrons. The van der Waals surface area contributed by atoms with Gasteiger partial charge in [0.25, 0.3) is 0 Å². The third-order valence-electron chi connectivity index (χ3n) is 12.4. The second-order valence-electron chi connectivity index (χ2n) is 15.9. The number of rotatable bonds is 8. The summed E-state index contributed by atoms with van der Waals surface area (Å²) < 4.78 is 0. The zero-order valence-electron chi connectivity index (χ0n) is 33.6. The van der Waals surface area contributed by atoms with Crippen LogP contribution in [-0.4, -0.2) is 5.84 Å². The van der Waals surface area contributed by atoms with Gasteiger partial charge in [-0.15, -0.1) is 0 Å². The quantitative estimate of drug-likeness (QED) is 0.161. The molecule has 3 nitrogen and oxygen atoms in total. The van der Waals surface area contributed by atoms with Crippen LogP contribution in [-0.2, 0) is 5.41 Å². The molecule has 0 bridgehead atoms. The molecular weight excluding hydrogens is 739 g/mol. The van der Waals surface area contributed by atoms with E-state index in [2.05, 4.69) is 247 Å². The molecule has 0 fully saturated rings. The highest BCUT2D eigenvalue weighted by Crippen LogP contribution is 2.58. The molecule has 2 unspecified atom stereocenters. The number of nitrogens with zero attached hydrogens (tertiary/aromatic N) is 1. The van der Waals surface area contributed by atoms with E-state index in [1.807, 2.05) is 0 Å². The van der Waals surface area contributed by atoms with Gasteiger partial charge in [-0.3, -0.25) is 5.32 Å². The third-order valence-corrected chi connectivity index (χ3v) is 12.4. The van der Waals surface area contributed by atoms with Crippen LogP contribution >= 0.6 is 0 Å². The van der Waals surface area contributed by atoms with Gasteiger partial charge in [0.05, 0.1) is 5.41 Å². The molecule has 1 heterocycles. The number of nitrogens with one attached hydrogen (secondary N) is 2. The Labute approximate surface area is 357 Å². The van der Waals surface area contributed by atoms with E-state index in [0.717, 1.165) is 28.1 Å². The van der Waals surface area contributed by atoms with Crippen molar-refractivity contribution in [2.75, 3.05) is 0 Å². The molecule has 9 aromatic carbocycles. The summed E-state index contributed by atoms with van der Waals surface area (Å²) in [7, 11) is 0. The summed E-state index contributed by atoms with van der Waals surface area (Å²) in [6.45, 7) is 0. The first-order valence-electron chi connectivity index (χ1n) is 21.1. The first-order chi connectivity index (χ1) is 30.2. The van der Waals surface area contributed by atoms with Gasteiger partial charge in [0.15, 0.2) is 0 Å². The molecule has 9 aromatic rings. The molecule has 0 saturated heterocycles. The highest BCUT2D eigenvalue weighted by Gasteiger charge is 2.47. The van der Waals surface area contributed by atoms with Gasteiger partial charge in [-0.1, -0.05) is 218 Å². The fourth-order valence-corrected chi connectivity index (χ4v) is 9.67. The summed E-state index contributed by atoms with van der Waals surface area (Å²) in [6.07, 6.45) is -0.502. The number of hydrogen-bond donors (Lipinski definition) is 2. The first kappa shape index (κ1) is 36.5. The lowest BCUT2D eigenvalue weighted by Crippen LogP contribution is -2.45. The zero-order valence-corrected chi connectivity index (χ0v) is 33.6. The van der Waals surface area contributed by atoms with Crippen LogP contribution in [0.2, 0.25) is 0 Å². The summed E-state index contributed by atoms with van der Waals surface area (Å²) in [5.41, 5.74) is 17.5. The van der Waals surface area contributed by atoms with E-state index < -0.39 is 5.41 Å². The summed E-state index contributed by atoms with van der Waals surface area (Å²) >= 11 is 0. The minimum absolute atomic E-state index is 0.204. The number of amidine groups is 1. The predicted octanol–water partition coefficient (Wildman–Crippen LogP) is 13.4. The van der Waals surface area contributed by atoms with E-state index in [1.165, 1.54) is 61.2 Å². The minimum Gasteiger partial charge on any atom is -0.350 e. The largest absolute Gasteiger partial charge is 0.350 e. The third kappa shape index (κ3) is 6.48. The van der Waals surface area contributed by atoms with Crippen molar-refractivity contribution in [3.05, 3.63) is 276 Å². The van der Waals surface area contributed by atoms with Crippen LogP contribution in [0.5, 0.6) is 0 Å². The Hall–Kier alpha value is -7.59. The molecule has 0 spiro atoms. The molecular formula is C58H43N3. The molecule has 290 valence electrons. The molecule has 2 atom stereocenters. The average molecular weight is 782 g/mol. The molecule has 1 aliphatic heterocycles. The Morgan fingerprint density at radius 2 is 0.836 bits per heavy atom. The van der Waals surface area contributed by atoms with Crippen LogP contribution in [0, 0.1) is 0 Å². The number of aliphatic imine (C=N–C) groups is 1. The lowest BCUT2D eigenvalue weighted by Gasteiger charge is -2.35. The summed E-state index contributed by atoms with van der Waals surface area (Å²) in [4.78, 5) is 5.47. The van der Waals surface area contributed by atoms with Gasteiger partial charge in [-0.25, -0.2) is 4.99 Å². The lowest BCUT2D eigenvalue weighted by molar-refractivity contribution is 0.409. The molecule has 2 aliphatic rings. The maximum Gasteiger partial charge on any atom is 0.131 e. The van der Waals surface area contributed by atoms with Gasteiger partial charge in [0.1, 0.15) is 18.2 Å². The Bertz CT molecular complexity index is 2990. The van der Waals surface area contributed by atoms with Crippen LogP contribution in [0.3, 0.4) is 0 Å². The van der Waals surface area contributed by atoms with Crippen molar-refractivity contribution in [2.45, 2.75) is 17.7 Å². The summed E-state index contributed by atoms with van der Waals surface area (Å²) in [5, 5.41) is 7.74. The second-order valence-corrected chi connectivity index (χ2v) is 15.9. The van der Waals surface area contributed by atoms with E-state index in [-0.39, 0.29) is 12.3 Å². The predicted molar refractivity (Wildman–Crippen MR) is 251 cm³/mol. The van der Waals surface area contributed by atoms with E-state index in [1.54, 1.807) is 0 Å². The van der Waals surface area contributed by atoms with Crippen molar-refractivity contribution < 1.29 is 0 Å². The molecule has 2 N–H and O–H groups in total. The van der Waals surface area contributed by atoms with Crippen LogP contribution in [0.25, 0.3) is 44.5 Å². The molecule has 3 heteroatoms. The Morgan fingerprint density at radius 1 is 0.361 bits per heavy atom. The van der Waals surface area contributed by atoms with Crippen LogP contribution in [0.4, 0.5) is 0 Å². The SMILES string of the molecule is c1ccc(-c2cccc(C3N=C(c4cccc(-c5cccc6c5C(c5ccccc5)(c5ccccc5)c5ccccc5-6)c4)NC(c4cccc(-c5ccccc5)c4)N3)c2)cc1. The minimum atomic E-state index is -0.519. The fraction of sp³-hybridized carbons (Fsp3) is 0.0517. The lowest BCUT2D eigenvalue weighted by atomic mass is 9.66. The number of fused-ring (bicyclic) bond motifs is 3. The van der Waals surface area contributed by atoms with Gasteiger partial charge < -0.3 is 5.32 Å². The average Bonchev–Trinajstić information content (AvgIpc) is 3.66. The highest BCUT2D eigenvalue weighted by atomic mass is 15.3. The van der Waals surface area contributed by atoms with Crippen molar-refractivity contribution >= 4 is 5.84 Å². The van der Waals surface area contributed by atoms with Gasteiger partial charge >= 0.3 is 0 Å². The van der Waals surface area contributed by atoms with E-state index in [9.17, 15) is 0 Å². The van der Waals surface area contributed by atoms with Crippen LogP contribution in [0.15, 0.2) is 242 Å². The van der Waals surface area contributed by atoms with E-state index >= 15 is 0 Å². The summed E-state index contributed by atoms with van der Waals surface area (Å²) in [6, 6.07) is 85.6. The van der Waals surface area contributed by atoms with Crippen molar-refractivity contribution in [1.29, 1.82) is 0 Å². The first-order valence-corrected chi connectivity index (χ1v) is 21.1. The zero-order chi connectivity index (χ0) is 40.6. The van der Waals surface area contributed by atoms with Gasteiger partial charge in [-0.2, -0.15) is 0 Å². The second kappa shape index (κ2) is 15.5. The maximum atomic E-state index is 5.47. The Morgan fingerprint density at radius 3 is 1.51 bits per heavy atom. The van der Waals surface area contributed by atoms with Gasteiger partial charge in [0, 0.05) is 5.56 Å². The maximum absolute atomic E-state index is 5.47. The fourth-order valence-electron chi connectivity index (χ4n) is 9.67. The molecule has 61 heavy (non-hydrogen) atoms. The smallest absolute Gasteiger partial charge is 0.131 e. The van der Waals surface area contributed by atoms with Crippen molar-refractivity contribution in [3.8, 4) is 44.5 Å². The van der Waals surface area contributed by atoms with Crippen LogP contribution in [0.1, 0.15) is 51.3 Å².